The number of para-hydroxylation sites is 1. The van der Waals surface area contributed by atoms with Crippen LogP contribution in [0.3, 0.4) is 0 Å². The number of aliphatic hydroxyl groups is 1. The Balaban J connectivity index is 1.84. The highest BCUT2D eigenvalue weighted by atomic mass is 35.5. The molecule has 2 heterocycles. The number of nitrogens with one attached hydrogen (secondary N) is 1. The molecule has 1 aliphatic rings. The van der Waals surface area contributed by atoms with Gasteiger partial charge in [-0.15, -0.1) is 24.5 Å². The van der Waals surface area contributed by atoms with Crippen LogP contribution in [-0.4, -0.2) is 17.5 Å². The van der Waals surface area contributed by atoms with Crippen molar-refractivity contribution in [1.29, 1.82) is 0 Å². The summed E-state index contributed by atoms with van der Waals surface area (Å²) in [5.41, 5.74) is 1.54. The second-order valence-corrected chi connectivity index (χ2v) is 7.58. The maximum Gasteiger partial charge on any atom is 0.573 e. The smallest absolute Gasteiger partial charge is 0.506 e. The van der Waals surface area contributed by atoms with Crippen molar-refractivity contribution in [2.45, 2.75) is 19.3 Å². The number of aliphatic hydroxyl groups excluding tert-OH is 1. The largest absolute Gasteiger partial charge is 0.573 e. The number of halogens is 4. The highest BCUT2D eigenvalue weighted by molar-refractivity contribution is 7.23. The van der Waals surface area contributed by atoms with Crippen LogP contribution >= 0.6 is 22.9 Å². The molecule has 140 valence electrons. The summed E-state index contributed by atoms with van der Waals surface area (Å²) in [7, 11) is 0. The SMILES string of the molecule is CC1Nc2sc3cc(-c4ccccc4OC(F)(F)F)ccc3c2C(O)=C1Cl. The van der Waals surface area contributed by atoms with Crippen molar-refractivity contribution in [3.8, 4) is 16.9 Å². The minimum atomic E-state index is -4.77. The zero-order valence-electron chi connectivity index (χ0n) is 13.9. The molecular formula is C19H13ClF3NO2S. The van der Waals surface area contributed by atoms with Crippen molar-refractivity contribution in [3.05, 3.63) is 53.1 Å². The summed E-state index contributed by atoms with van der Waals surface area (Å²) in [6.45, 7) is 1.84. The Morgan fingerprint density at radius 3 is 2.67 bits per heavy atom. The van der Waals surface area contributed by atoms with Gasteiger partial charge in [0.1, 0.15) is 16.5 Å². The fourth-order valence-electron chi connectivity index (χ4n) is 3.10. The lowest BCUT2D eigenvalue weighted by Gasteiger charge is -2.21. The fraction of sp³-hybridized carbons (Fsp3) is 0.158. The lowest BCUT2D eigenvalue weighted by Crippen LogP contribution is -2.20. The molecule has 0 amide bonds. The van der Waals surface area contributed by atoms with E-state index in [1.165, 1.54) is 23.5 Å². The Morgan fingerprint density at radius 2 is 1.93 bits per heavy atom. The highest BCUT2D eigenvalue weighted by Gasteiger charge is 2.32. The molecular weight excluding hydrogens is 399 g/mol. The second-order valence-electron chi connectivity index (χ2n) is 6.12. The molecule has 0 radical (unpaired) electrons. The Hall–Kier alpha value is -2.38. The molecule has 27 heavy (non-hydrogen) atoms. The van der Waals surface area contributed by atoms with E-state index in [9.17, 15) is 18.3 Å². The van der Waals surface area contributed by atoms with Gasteiger partial charge in [-0.3, -0.25) is 0 Å². The van der Waals surface area contributed by atoms with Crippen LogP contribution in [0.5, 0.6) is 5.75 Å². The van der Waals surface area contributed by atoms with Crippen molar-refractivity contribution in [3.63, 3.8) is 0 Å². The molecule has 1 aliphatic heterocycles. The Kier molecular flexibility index (Phi) is 4.24. The van der Waals surface area contributed by atoms with Gasteiger partial charge >= 0.3 is 6.36 Å². The van der Waals surface area contributed by atoms with Crippen LogP contribution in [0.15, 0.2) is 47.5 Å². The van der Waals surface area contributed by atoms with E-state index in [1.54, 1.807) is 30.3 Å². The van der Waals surface area contributed by atoms with Crippen molar-refractivity contribution in [2.75, 3.05) is 5.32 Å². The van der Waals surface area contributed by atoms with Crippen molar-refractivity contribution >= 4 is 43.8 Å². The Labute approximate surface area is 161 Å². The average Bonchev–Trinajstić information content (AvgIpc) is 2.96. The molecule has 0 aliphatic carbocycles. The number of hydrogen-bond donors (Lipinski definition) is 2. The lowest BCUT2D eigenvalue weighted by molar-refractivity contribution is -0.274. The summed E-state index contributed by atoms with van der Waals surface area (Å²) in [4.78, 5) is 0. The molecule has 0 bridgehead atoms. The molecule has 0 fully saturated rings. The number of anilines is 1. The first-order chi connectivity index (χ1) is 12.7. The number of rotatable bonds is 2. The first-order valence-corrected chi connectivity index (χ1v) is 9.21. The van der Waals surface area contributed by atoms with Gasteiger partial charge in [-0.2, -0.15) is 0 Å². The monoisotopic (exact) mass is 411 g/mol. The van der Waals surface area contributed by atoms with E-state index in [2.05, 4.69) is 10.1 Å². The molecule has 0 saturated heterocycles. The molecule has 2 aromatic carbocycles. The van der Waals surface area contributed by atoms with E-state index in [4.69, 9.17) is 11.6 Å². The topological polar surface area (TPSA) is 41.5 Å². The zero-order chi connectivity index (χ0) is 19.3. The summed E-state index contributed by atoms with van der Waals surface area (Å²) < 4.78 is 43.0. The van der Waals surface area contributed by atoms with Crippen LogP contribution in [0.1, 0.15) is 12.5 Å². The minimum Gasteiger partial charge on any atom is -0.506 e. The zero-order valence-corrected chi connectivity index (χ0v) is 15.5. The predicted molar refractivity (Wildman–Crippen MR) is 102 cm³/mol. The lowest BCUT2D eigenvalue weighted by atomic mass is 10.0. The molecule has 1 unspecified atom stereocenters. The van der Waals surface area contributed by atoms with E-state index in [-0.39, 0.29) is 17.6 Å². The molecule has 0 saturated carbocycles. The summed E-state index contributed by atoms with van der Waals surface area (Å²) in [5.74, 6) is -0.235. The molecule has 4 rings (SSSR count). The highest BCUT2D eigenvalue weighted by Crippen LogP contribution is 2.46. The van der Waals surface area contributed by atoms with Gasteiger partial charge in [-0.05, 0) is 24.6 Å². The molecule has 1 atom stereocenters. The van der Waals surface area contributed by atoms with Gasteiger partial charge in [0.25, 0.3) is 0 Å². The molecule has 0 spiro atoms. The molecule has 3 aromatic rings. The van der Waals surface area contributed by atoms with Crippen molar-refractivity contribution in [2.24, 2.45) is 0 Å². The maximum atomic E-state index is 12.7. The average molecular weight is 412 g/mol. The molecule has 2 N–H and O–H groups in total. The van der Waals surface area contributed by atoms with Crippen LogP contribution < -0.4 is 10.1 Å². The third-order valence-corrected chi connectivity index (χ3v) is 5.89. The maximum absolute atomic E-state index is 12.7. The van der Waals surface area contributed by atoms with Crippen LogP contribution in [0, 0.1) is 0 Å². The molecule has 8 heteroatoms. The van der Waals surface area contributed by atoms with E-state index >= 15 is 0 Å². The normalized spacial score (nSPS) is 17.0. The quantitative estimate of drug-likeness (QED) is 0.490. The van der Waals surface area contributed by atoms with Gasteiger partial charge in [-0.25, -0.2) is 0 Å². The summed E-state index contributed by atoms with van der Waals surface area (Å²) in [6, 6.07) is 11.0. The van der Waals surface area contributed by atoms with Crippen LogP contribution in [0.25, 0.3) is 27.0 Å². The summed E-state index contributed by atoms with van der Waals surface area (Å²) in [6.07, 6.45) is -4.77. The van der Waals surface area contributed by atoms with Gasteiger partial charge < -0.3 is 15.2 Å². The predicted octanol–water partition coefficient (Wildman–Crippen LogP) is 6.75. The van der Waals surface area contributed by atoms with Gasteiger partial charge in [0.2, 0.25) is 0 Å². The first kappa shape index (κ1) is 18.0. The number of thiophene rings is 1. The van der Waals surface area contributed by atoms with E-state index in [0.717, 1.165) is 15.1 Å². The summed E-state index contributed by atoms with van der Waals surface area (Å²) in [5, 5.41) is 15.5. The van der Waals surface area contributed by atoms with Crippen LogP contribution in [-0.2, 0) is 0 Å². The van der Waals surface area contributed by atoms with E-state index in [0.29, 0.717) is 21.7 Å². The molecule has 3 nitrogen and oxygen atoms in total. The van der Waals surface area contributed by atoms with Gasteiger partial charge in [-0.1, -0.05) is 41.9 Å². The van der Waals surface area contributed by atoms with Crippen LogP contribution in [0.4, 0.5) is 18.2 Å². The Morgan fingerprint density at radius 1 is 1.19 bits per heavy atom. The third-order valence-electron chi connectivity index (χ3n) is 4.30. The van der Waals surface area contributed by atoms with Gasteiger partial charge in [0.15, 0.2) is 0 Å². The van der Waals surface area contributed by atoms with E-state index < -0.39 is 6.36 Å². The number of hydrogen-bond acceptors (Lipinski definition) is 4. The number of alkyl halides is 3. The number of ether oxygens (including phenoxy) is 1. The first-order valence-electron chi connectivity index (χ1n) is 8.02. The van der Waals surface area contributed by atoms with Crippen LogP contribution in [0.2, 0.25) is 0 Å². The standard InChI is InChI=1S/C19H13ClF3NO2S/c1-9-16(20)17(25)15-12-7-6-10(8-14(12)27-18(15)24-9)11-4-2-3-5-13(11)26-19(21,22)23/h2-9,24-25H,1H3. The Bertz CT molecular complexity index is 1070. The van der Waals surface area contributed by atoms with Gasteiger partial charge in [0, 0.05) is 15.6 Å². The molecule has 1 aromatic heterocycles. The minimum absolute atomic E-state index is 0.0257. The second kappa shape index (κ2) is 6.35. The number of benzene rings is 2. The fourth-order valence-corrected chi connectivity index (χ4v) is 4.48. The van der Waals surface area contributed by atoms with Gasteiger partial charge in [0.05, 0.1) is 16.6 Å². The van der Waals surface area contributed by atoms with Crippen molar-refractivity contribution in [1.82, 2.24) is 0 Å². The van der Waals surface area contributed by atoms with E-state index in [1.807, 2.05) is 6.92 Å². The summed E-state index contributed by atoms with van der Waals surface area (Å²) >= 11 is 7.57. The van der Waals surface area contributed by atoms with Crippen molar-refractivity contribution < 1.29 is 23.0 Å². The number of fused-ring (bicyclic) bond motifs is 3. The third kappa shape index (κ3) is 3.21.